The molecule has 0 aliphatic rings. The van der Waals surface area contributed by atoms with Crippen LogP contribution in [0.15, 0.2) is 144 Å². The first-order valence-electron chi connectivity index (χ1n) is 18.5. The van der Waals surface area contributed by atoms with Gasteiger partial charge in [-0.25, -0.2) is 4.98 Å². The number of hydrogen-bond acceptors (Lipinski definition) is 2. The summed E-state index contributed by atoms with van der Waals surface area (Å²) in [4.78, 5) is 5.35. The van der Waals surface area contributed by atoms with Crippen LogP contribution in [0.3, 0.4) is 0 Å². The van der Waals surface area contributed by atoms with E-state index < -0.39 is 0 Å². The lowest BCUT2D eigenvalue weighted by atomic mass is 9.85. The second-order valence-corrected chi connectivity index (χ2v) is 16.5. The number of nitrogens with zero attached hydrogens (tertiary/aromatic N) is 3. The van der Waals surface area contributed by atoms with Crippen LogP contribution in [0.4, 0.5) is 0 Å². The highest BCUT2D eigenvalue weighted by Crippen LogP contribution is 2.39. The first-order valence-corrected chi connectivity index (χ1v) is 18.5. The van der Waals surface area contributed by atoms with Gasteiger partial charge in [0.1, 0.15) is 17.0 Å². The lowest BCUT2D eigenvalue weighted by Crippen LogP contribution is -2.10. The van der Waals surface area contributed by atoms with E-state index in [2.05, 4.69) is 190 Å². The Morgan fingerprint density at radius 2 is 0.981 bits per heavy atom. The average molecular weight is 688 g/mol. The highest BCUT2D eigenvalue weighted by atomic mass is 16.3. The molecular weight excluding hydrogens is 647 g/mol. The molecule has 0 saturated heterocycles. The first-order chi connectivity index (χ1) is 25.5. The van der Waals surface area contributed by atoms with Gasteiger partial charge in [-0.3, -0.25) is 4.57 Å². The zero-order chi connectivity index (χ0) is 36.2. The molecule has 0 atom stereocenters. The molecule has 0 N–H and O–H groups in total. The Morgan fingerprint density at radius 3 is 1.58 bits per heavy atom. The number of fused-ring (bicyclic) bond motifs is 9. The minimum absolute atomic E-state index is 0.0442. The fraction of sp³-hybridized carbons (Fsp3) is 0.163. The quantitative estimate of drug-likeness (QED) is 0.185. The third-order valence-corrected chi connectivity index (χ3v) is 11.0. The highest BCUT2D eigenvalue weighted by Gasteiger charge is 2.22. The van der Waals surface area contributed by atoms with Crippen LogP contribution in [0.1, 0.15) is 52.7 Å². The summed E-state index contributed by atoms with van der Waals surface area (Å²) in [5.74, 6) is 0.903. The predicted molar refractivity (Wildman–Crippen MR) is 223 cm³/mol. The van der Waals surface area contributed by atoms with Crippen LogP contribution in [0.5, 0.6) is 0 Å². The number of pyridine rings is 1. The summed E-state index contributed by atoms with van der Waals surface area (Å²) in [7, 11) is 0. The van der Waals surface area contributed by atoms with Crippen LogP contribution < -0.4 is 0 Å². The first kappa shape index (κ1) is 31.6. The fourth-order valence-corrected chi connectivity index (χ4v) is 8.18. The maximum absolute atomic E-state index is 6.40. The maximum atomic E-state index is 6.40. The van der Waals surface area contributed by atoms with Crippen LogP contribution >= 0.6 is 0 Å². The van der Waals surface area contributed by atoms with Crippen LogP contribution in [0.25, 0.3) is 88.3 Å². The molecule has 0 aliphatic heterocycles. The molecule has 0 aliphatic carbocycles. The van der Waals surface area contributed by atoms with E-state index in [1.54, 1.807) is 0 Å². The SMILES string of the molecule is CC(C)(C)c1ccc2c(c1)c1cc(C(C)(C)C)ccc1n2-c1cccc(-c2ccc3oc4ccc(-n5c6ccccc6c6ccccc65)cc4c3c2)n1. The lowest BCUT2D eigenvalue weighted by molar-refractivity contribution is 0.590. The number of hydrogen-bond donors (Lipinski definition) is 0. The van der Waals surface area contributed by atoms with Gasteiger partial charge in [-0.15, -0.1) is 0 Å². The van der Waals surface area contributed by atoms with Gasteiger partial charge in [0.05, 0.1) is 27.8 Å². The average Bonchev–Trinajstić information content (AvgIpc) is 3.80. The van der Waals surface area contributed by atoms with Crippen molar-refractivity contribution in [3.63, 3.8) is 0 Å². The number of furan rings is 1. The summed E-state index contributed by atoms with van der Waals surface area (Å²) >= 11 is 0. The van der Waals surface area contributed by atoms with E-state index in [9.17, 15) is 0 Å². The molecule has 6 aromatic carbocycles. The third-order valence-electron chi connectivity index (χ3n) is 11.0. The monoisotopic (exact) mass is 687 g/mol. The van der Waals surface area contributed by atoms with Crippen molar-refractivity contribution >= 4 is 65.6 Å². The van der Waals surface area contributed by atoms with Crippen molar-refractivity contribution in [1.29, 1.82) is 0 Å². The molecule has 4 nitrogen and oxygen atoms in total. The zero-order valence-electron chi connectivity index (χ0n) is 31.0. The molecule has 258 valence electrons. The number of benzene rings is 6. The van der Waals surface area contributed by atoms with Crippen LogP contribution in [-0.2, 0) is 10.8 Å². The Labute approximate surface area is 308 Å². The minimum Gasteiger partial charge on any atom is -0.456 e. The molecule has 0 radical (unpaired) electrons. The van der Waals surface area contributed by atoms with Gasteiger partial charge in [0.15, 0.2) is 0 Å². The Balaban J connectivity index is 1.13. The molecule has 4 aromatic heterocycles. The van der Waals surface area contributed by atoms with Crippen molar-refractivity contribution in [3.05, 3.63) is 151 Å². The molecule has 10 aromatic rings. The van der Waals surface area contributed by atoms with Crippen LogP contribution in [0.2, 0.25) is 0 Å². The standard InChI is InChI=1S/C49H41N3O/c1-48(2,3)31-19-22-43-36(27-31)37-28-32(49(4,5)6)20-23-44(37)52(43)47-17-11-14-40(50-47)30-18-24-45-38(26-30)39-29-33(21-25-46(39)53-45)51-41-15-9-7-12-34(41)35-13-8-10-16-42(35)51/h7-29H,1-6H3. The van der Waals surface area contributed by atoms with Gasteiger partial charge >= 0.3 is 0 Å². The van der Waals surface area contributed by atoms with Gasteiger partial charge in [0.2, 0.25) is 0 Å². The number of para-hydroxylation sites is 2. The summed E-state index contributed by atoms with van der Waals surface area (Å²) in [6, 6.07) is 50.5. The van der Waals surface area contributed by atoms with Crippen molar-refractivity contribution in [2.75, 3.05) is 0 Å². The molecule has 0 unspecified atom stereocenters. The van der Waals surface area contributed by atoms with Gasteiger partial charge in [0, 0.05) is 43.6 Å². The van der Waals surface area contributed by atoms with Crippen molar-refractivity contribution < 1.29 is 4.42 Å². The lowest BCUT2D eigenvalue weighted by Gasteiger charge is -2.19. The van der Waals surface area contributed by atoms with E-state index >= 15 is 0 Å². The molecule has 10 rings (SSSR count). The topological polar surface area (TPSA) is 35.9 Å². The van der Waals surface area contributed by atoms with E-state index in [4.69, 9.17) is 9.40 Å². The molecule has 4 heterocycles. The van der Waals surface area contributed by atoms with E-state index in [-0.39, 0.29) is 10.8 Å². The summed E-state index contributed by atoms with van der Waals surface area (Å²) in [5.41, 5.74) is 12.3. The van der Waals surface area contributed by atoms with Crippen molar-refractivity contribution in [2.24, 2.45) is 0 Å². The second-order valence-electron chi connectivity index (χ2n) is 16.5. The van der Waals surface area contributed by atoms with Gasteiger partial charge in [-0.1, -0.05) is 96.1 Å². The third kappa shape index (κ3) is 4.93. The van der Waals surface area contributed by atoms with Crippen molar-refractivity contribution in [2.45, 2.75) is 52.4 Å². The Kier molecular flexibility index (Phi) is 6.67. The summed E-state index contributed by atoms with van der Waals surface area (Å²) in [5, 5.41) is 7.19. The van der Waals surface area contributed by atoms with E-state index in [1.165, 1.54) is 43.7 Å². The Morgan fingerprint density at radius 1 is 0.434 bits per heavy atom. The molecule has 0 amide bonds. The van der Waals surface area contributed by atoms with Crippen molar-refractivity contribution in [3.8, 4) is 22.8 Å². The van der Waals surface area contributed by atoms with Crippen LogP contribution in [0, 0.1) is 0 Å². The molecule has 0 spiro atoms. The maximum Gasteiger partial charge on any atom is 0.138 e. The molecular formula is C49H41N3O. The van der Waals surface area contributed by atoms with E-state index in [1.807, 2.05) is 0 Å². The number of rotatable bonds is 3. The normalized spacial score (nSPS) is 12.7. The summed E-state index contributed by atoms with van der Waals surface area (Å²) in [6.45, 7) is 13.7. The highest BCUT2D eigenvalue weighted by molar-refractivity contribution is 6.12. The van der Waals surface area contributed by atoms with E-state index in [0.29, 0.717) is 0 Å². The van der Waals surface area contributed by atoms with Gasteiger partial charge < -0.3 is 8.98 Å². The van der Waals surface area contributed by atoms with Crippen molar-refractivity contribution in [1.82, 2.24) is 14.1 Å². The summed E-state index contributed by atoms with van der Waals surface area (Å²) in [6.07, 6.45) is 0. The molecule has 0 saturated carbocycles. The fourth-order valence-electron chi connectivity index (χ4n) is 8.18. The smallest absolute Gasteiger partial charge is 0.138 e. The van der Waals surface area contributed by atoms with Crippen LogP contribution in [-0.4, -0.2) is 14.1 Å². The number of aromatic nitrogens is 3. The molecule has 0 fully saturated rings. The van der Waals surface area contributed by atoms with Gasteiger partial charge in [0.25, 0.3) is 0 Å². The largest absolute Gasteiger partial charge is 0.456 e. The molecule has 0 bridgehead atoms. The molecule has 53 heavy (non-hydrogen) atoms. The second kappa shape index (κ2) is 11.2. The minimum atomic E-state index is 0.0442. The van der Waals surface area contributed by atoms with Gasteiger partial charge in [-0.05, 0) is 107 Å². The predicted octanol–water partition coefficient (Wildman–Crippen LogP) is 13.4. The zero-order valence-corrected chi connectivity index (χ0v) is 31.0. The Bertz CT molecular complexity index is 2960. The summed E-state index contributed by atoms with van der Waals surface area (Å²) < 4.78 is 11.1. The molecule has 4 heteroatoms. The van der Waals surface area contributed by atoms with Gasteiger partial charge in [-0.2, -0.15) is 0 Å². The van der Waals surface area contributed by atoms with E-state index in [0.717, 1.165) is 55.7 Å². The Hall–Kier alpha value is -6.13.